The van der Waals surface area contributed by atoms with Gasteiger partial charge in [0.05, 0.1) is 21.3 Å². The van der Waals surface area contributed by atoms with E-state index in [-0.39, 0.29) is 18.4 Å². The van der Waals surface area contributed by atoms with Crippen molar-refractivity contribution in [2.45, 2.75) is 52.4 Å². The van der Waals surface area contributed by atoms with E-state index in [1.54, 1.807) is 24.3 Å². The van der Waals surface area contributed by atoms with Gasteiger partial charge in [-0.25, -0.2) is 0 Å². The molecule has 1 aromatic heterocycles. The lowest BCUT2D eigenvalue weighted by atomic mass is 9.96. The van der Waals surface area contributed by atoms with Crippen molar-refractivity contribution in [3.05, 3.63) is 80.6 Å². The van der Waals surface area contributed by atoms with E-state index in [9.17, 15) is 5.26 Å². The van der Waals surface area contributed by atoms with Gasteiger partial charge in [0.15, 0.2) is 0 Å². The summed E-state index contributed by atoms with van der Waals surface area (Å²) < 4.78 is 12.2. The van der Waals surface area contributed by atoms with E-state index >= 15 is 0 Å². The Morgan fingerprint density at radius 2 is 1.87 bits per heavy atom. The van der Waals surface area contributed by atoms with Crippen LogP contribution in [0.4, 0.5) is 5.69 Å². The van der Waals surface area contributed by atoms with Gasteiger partial charge < -0.3 is 20.1 Å². The first-order valence-electron chi connectivity index (χ1n) is 12.5. The van der Waals surface area contributed by atoms with Crippen LogP contribution in [0.5, 0.6) is 11.5 Å². The molecule has 0 amide bonds. The molecule has 7 nitrogen and oxygen atoms in total. The van der Waals surface area contributed by atoms with Crippen LogP contribution in [-0.2, 0) is 6.61 Å². The van der Waals surface area contributed by atoms with Gasteiger partial charge in [0.1, 0.15) is 30.3 Å². The second-order valence-electron chi connectivity index (χ2n) is 9.72. The zero-order valence-corrected chi connectivity index (χ0v) is 23.2. The Morgan fingerprint density at radius 1 is 1.18 bits per heavy atom. The number of pyridine rings is 1. The average Bonchev–Trinajstić information content (AvgIpc) is 2.90. The maximum absolute atomic E-state index is 9.91. The molecule has 0 bridgehead atoms. The third-order valence-electron chi connectivity index (χ3n) is 6.80. The zero-order chi connectivity index (χ0) is 27.4. The van der Waals surface area contributed by atoms with Crippen LogP contribution in [0, 0.1) is 23.7 Å². The van der Waals surface area contributed by atoms with E-state index in [1.807, 2.05) is 13.0 Å². The molecule has 38 heavy (non-hydrogen) atoms. The smallest absolute Gasteiger partial charge is 0.140 e. The average molecular weight is 553 g/mol. The summed E-state index contributed by atoms with van der Waals surface area (Å²) in [6.45, 7) is 8.39. The maximum Gasteiger partial charge on any atom is 0.140 e. The lowest BCUT2D eigenvalue weighted by molar-refractivity contribution is 0.0836. The third-order valence-corrected chi connectivity index (χ3v) is 7.46. The number of aromatic nitrogens is 1. The van der Waals surface area contributed by atoms with Crippen molar-refractivity contribution in [2.24, 2.45) is 0 Å². The van der Waals surface area contributed by atoms with Crippen molar-refractivity contribution in [1.29, 1.82) is 10.7 Å². The number of halogens is 2. The Hall–Kier alpha value is -3.31. The number of aryl methyl sites for hydroxylation is 1. The van der Waals surface area contributed by atoms with Gasteiger partial charge in [-0.3, -0.25) is 10.4 Å². The number of hydrogen-bond donors (Lipinski definition) is 2. The van der Waals surface area contributed by atoms with E-state index in [0.29, 0.717) is 55.5 Å². The molecule has 0 aliphatic carbocycles. The van der Waals surface area contributed by atoms with E-state index in [2.05, 4.69) is 29.8 Å². The normalized spacial score (nSPS) is 14.3. The highest BCUT2D eigenvalue weighted by Crippen LogP contribution is 2.31. The monoisotopic (exact) mass is 551 g/mol. The predicted molar refractivity (Wildman–Crippen MR) is 152 cm³/mol. The first-order chi connectivity index (χ1) is 18.2. The van der Waals surface area contributed by atoms with E-state index in [0.717, 1.165) is 31.5 Å². The largest absolute Gasteiger partial charge is 0.489 e. The second-order valence-corrected chi connectivity index (χ2v) is 10.5. The van der Waals surface area contributed by atoms with Crippen molar-refractivity contribution in [2.75, 3.05) is 18.8 Å². The molecule has 1 aliphatic heterocycles. The number of rotatable bonds is 8. The molecule has 0 atom stereocenters. The molecule has 1 saturated heterocycles. The SMILES string of the molecule is Cc1cc(C(=N)c2cc(OCc3c(Cl)cncc3Cl)ccc2N)cc(C#N)c1OC1CCN(C(C)C)CC1. The van der Waals surface area contributed by atoms with Gasteiger partial charge in [-0.05, 0) is 69.5 Å². The summed E-state index contributed by atoms with van der Waals surface area (Å²) in [6, 6.07) is 11.4. The number of nitrogens with two attached hydrogens (primary N) is 1. The van der Waals surface area contributed by atoms with Crippen LogP contribution in [0.3, 0.4) is 0 Å². The number of nitrogens with zero attached hydrogens (tertiary/aromatic N) is 3. The molecule has 1 aliphatic rings. The summed E-state index contributed by atoms with van der Waals surface area (Å²) >= 11 is 12.4. The number of nitrogens with one attached hydrogen (secondary N) is 1. The number of anilines is 1. The molecule has 3 N–H and O–H groups in total. The molecule has 0 spiro atoms. The van der Waals surface area contributed by atoms with Crippen LogP contribution in [0.15, 0.2) is 42.7 Å². The quantitative estimate of drug-likeness (QED) is 0.247. The van der Waals surface area contributed by atoms with Crippen molar-refractivity contribution >= 4 is 34.6 Å². The summed E-state index contributed by atoms with van der Waals surface area (Å²) in [5, 5.41) is 19.6. The number of ether oxygens (including phenoxy) is 2. The third kappa shape index (κ3) is 6.21. The van der Waals surface area contributed by atoms with Crippen LogP contribution in [0.2, 0.25) is 10.0 Å². The minimum absolute atomic E-state index is 0.0629. The Balaban J connectivity index is 1.53. The second kappa shape index (κ2) is 12.0. The van der Waals surface area contributed by atoms with Crippen molar-refractivity contribution in [3.8, 4) is 17.6 Å². The van der Waals surface area contributed by atoms with Crippen LogP contribution >= 0.6 is 23.2 Å². The predicted octanol–water partition coefficient (Wildman–Crippen LogP) is 6.40. The highest BCUT2D eigenvalue weighted by molar-refractivity contribution is 6.35. The summed E-state index contributed by atoms with van der Waals surface area (Å²) in [5.74, 6) is 1.09. The summed E-state index contributed by atoms with van der Waals surface area (Å²) in [7, 11) is 0. The first-order valence-corrected chi connectivity index (χ1v) is 13.3. The summed E-state index contributed by atoms with van der Waals surface area (Å²) in [5.41, 5.74) is 9.75. The Bertz CT molecular complexity index is 1360. The first kappa shape index (κ1) is 27.7. The van der Waals surface area contributed by atoms with Crippen molar-refractivity contribution in [1.82, 2.24) is 9.88 Å². The van der Waals surface area contributed by atoms with E-state index in [4.69, 9.17) is 43.8 Å². The lowest BCUT2D eigenvalue weighted by Gasteiger charge is -2.35. The molecule has 9 heteroatoms. The molecular weight excluding hydrogens is 521 g/mol. The van der Waals surface area contributed by atoms with Gasteiger partial charge >= 0.3 is 0 Å². The van der Waals surface area contributed by atoms with Crippen LogP contribution in [0.1, 0.15) is 54.5 Å². The van der Waals surface area contributed by atoms with Gasteiger partial charge in [-0.15, -0.1) is 0 Å². The van der Waals surface area contributed by atoms with Crippen LogP contribution < -0.4 is 15.2 Å². The molecular formula is C29H31Cl2N5O2. The van der Waals surface area contributed by atoms with E-state index in [1.165, 1.54) is 12.4 Å². The molecule has 2 aromatic carbocycles. The number of likely N-dealkylation sites (tertiary alicyclic amines) is 1. The van der Waals surface area contributed by atoms with Crippen molar-refractivity contribution in [3.63, 3.8) is 0 Å². The number of hydrogen-bond acceptors (Lipinski definition) is 7. The minimum Gasteiger partial charge on any atom is -0.489 e. The molecule has 0 saturated carbocycles. The minimum atomic E-state index is 0.0629. The highest BCUT2D eigenvalue weighted by atomic mass is 35.5. The molecule has 0 unspecified atom stereocenters. The van der Waals surface area contributed by atoms with Gasteiger partial charge in [0.2, 0.25) is 0 Å². The number of piperidine rings is 1. The fraction of sp³-hybridized carbons (Fsp3) is 0.345. The lowest BCUT2D eigenvalue weighted by Crippen LogP contribution is -2.41. The molecule has 2 heterocycles. The highest BCUT2D eigenvalue weighted by Gasteiger charge is 2.24. The maximum atomic E-state index is 9.91. The Labute approximate surface area is 233 Å². The van der Waals surface area contributed by atoms with Gasteiger partial charge in [0.25, 0.3) is 0 Å². The molecule has 0 radical (unpaired) electrons. The number of nitrogen functional groups attached to an aromatic ring is 1. The fourth-order valence-corrected chi connectivity index (χ4v) is 5.04. The molecule has 1 fully saturated rings. The molecule has 4 rings (SSSR count). The zero-order valence-electron chi connectivity index (χ0n) is 21.7. The molecule has 3 aromatic rings. The summed E-state index contributed by atoms with van der Waals surface area (Å²) in [4.78, 5) is 6.39. The number of nitriles is 1. The van der Waals surface area contributed by atoms with Gasteiger partial charge in [-0.1, -0.05) is 23.2 Å². The Morgan fingerprint density at radius 3 is 2.50 bits per heavy atom. The summed E-state index contributed by atoms with van der Waals surface area (Å²) in [6.07, 6.45) is 4.91. The molecule has 198 valence electrons. The topological polar surface area (TPSA) is 108 Å². The van der Waals surface area contributed by atoms with Crippen LogP contribution in [0.25, 0.3) is 0 Å². The van der Waals surface area contributed by atoms with Crippen LogP contribution in [-0.4, -0.2) is 40.8 Å². The Kier molecular flexibility index (Phi) is 8.78. The number of benzene rings is 2. The van der Waals surface area contributed by atoms with Gasteiger partial charge in [-0.2, -0.15) is 5.26 Å². The standard InChI is InChI=1S/C29H31Cl2N5O2/c1-17(2)36-8-6-21(7-9-36)38-29-18(3)10-19(11-20(29)13-32)28(34)23-12-22(4-5-27(23)33)37-16-24-25(30)14-35-15-26(24)31/h4-5,10-12,14-15,17,21,34H,6-9,16,33H2,1-3H3. The van der Waals surface area contributed by atoms with Gasteiger partial charge in [0, 0.05) is 53.9 Å². The fourth-order valence-electron chi connectivity index (χ4n) is 4.56. The van der Waals surface area contributed by atoms with Crippen molar-refractivity contribution < 1.29 is 9.47 Å². The van der Waals surface area contributed by atoms with E-state index < -0.39 is 0 Å².